The second-order valence-electron chi connectivity index (χ2n) is 9.13. The molecule has 38 heavy (non-hydrogen) atoms. The molecule has 2 aliphatic heterocycles. The zero-order chi connectivity index (χ0) is 26.8. The van der Waals surface area contributed by atoms with Gasteiger partial charge in [-0.15, -0.1) is 0 Å². The van der Waals surface area contributed by atoms with Gasteiger partial charge in [0, 0.05) is 30.6 Å². The Labute approximate surface area is 223 Å². The summed E-state index contributed by atoms with van der Waals surface area (Å²) in [5, 5.41) is 38.9. The minimum atomic E-state index is -1.13. The summed E-state index contributed by atoms with van der Waals surface area (Å²) in [5.41, 5.74) is 1.00. The first-order chi connectivity index (χ1) is 18.3. The van der Waals surface area contributed by atoms with E-state index in [1.54, 1.807) is 12.1 Å². The van der Waals surface area contributed by atoms with Crippen molar-refractivity contribution in [2.75, 3.05) is 31.3 Å². The van der Waals surface area contributed by atoms with Crippen molar-refractivity contribution >= 4 is 28.7 Å². The van der Waals surface area contributed by atoms with Gasteiger partial charge in [0.15, 0.2) is 0 Å². The number of nitro benzene ring substituents is 2. The van der Waals surface area contributed by atoms with Gasteiger partial charge in [-0.1, -0.05) is 54.1 Å². The number of aliphatic hydroxyl groups is 1. The Kier molecular flexibility index (Phi) is 7.54. The molecule has 0 aromatic heterocycles. The highest BCUT2D eigenvalue weighted by Crippen LogP contribution is 2.48. The van der Waals surface area contributed by atoms with Crippen LogP contribution in [-0.4, -0.2) is 57.4 Å². The largest absolute Gasteiger partial charge is 0.379 e. The average molecular weight is 540 g/mol. The van der Waals surface area contributed by atoms with Crippen LogP contribution in [0.2, 0.25) is 5.02 Å². The van der Waals surface area contributed by atoms with Crippen LogP contribution in [0.1, 0.15) is 29.8 Å². The van der Waals surface area contributed by atoms with Crippen molar-refractivity contribution < 1.29 is 19.7 Å². The molecule has 3 aromatic carbocycles. The fraction of sp³-hybridized carbons (Fsp3) is 0.308. The summed E-state index contributed by atoms with van der Waals surface area (Å²) in [6.45, 7) is 2.21. The molecular weight excluding hydrogens is 514 g/mol. The molecule has 198 valence electrons. The SMILES string of the molecule is O=[N+]([O-])c1ccc(N2C(O)CC(c3ccccc3)N2C(c2ccc(Cl)cc2)N2CCOCC2)c([N+](=O)[O-])c1. The zero-order valence-electron chi connectivity index (χ0n) is 20.3. The number of anilines is 1. The van der Waals surface area contributed by atoms with E-state index in [1.165, 1.54) is 17.1 Å². The summed E-state index contributed by atoms with van der Waals surface area (Å²) in [7, 11) is 0. The maximum Gasteiger partial charge on any atom is 0.300 e. The van der Waals surface area contributed by atoms with E-state index in [0.717, 1.165) is 17.2 Å². The second kappa shape index (κ2) is 11.0. The van der Waals surface area contributed by atoms with E-state index in [1.807, 2.05) is 47.5 Å². The van der Waals surface area contributed by atoms with Gasteiger partial charge in [-0.2, -0.15) is 5.01 Å². The fourth-order valence-electron chi connectivity index (χ4n) is 5.20. The van der Waals surface area contributed by atoms with Crippen LogP contribution in [0.3, 0.4) is 0 Å². The Hall–Kier alpha value is -3.61. The van der Waals surface area contributed by atoms with Crippen molar-refractivity contribution in [3.8, 4) is 0 Å². The second-order valence-corrected chi connectivity index (χ2v) is 9.56. The summed E-state index contributed by atoms with van der Waals surface area (Å²) in [6, 6.07) is 20.1. The number of benzene rings is 3. The highest BCUT2D eigenvalue weighted by atomic mass is 35.5. The van der Waals surface area contributed by atoms with Gasteiger partial charge in [-0.3, -0.25) is 30.1 Å². The van der Waals surface area contributed by atoms with Crippen LogP contribution in [0.25, 0.3) is 0 Å². The van der Waals surface area contributed by atoms with Gasteiger partial charge in [0.1, 0.15) is 18.1 Å². The lowest BCUT2D eigenvalue weighted by Crippen LogP contribution is -2.52. The van der Waals surface area contributed by atoms with E-state index in [-0.39, 0.29) is 18.2 Å². The molecule has 3 atom stereocenters. The lowest BCUT2D eigenvalue weighted by molar-refractivity contribution is -0.393. The van der Waals surface area contributed by atoms with Crippen molar-refractivity contribution in [2.45, 2.75) is 24.9 Å². The number of nitro groups is 2. The normalized spacial score (nSPS) is 21.4. The first kappa shape index (κ1) is 26.0. The van der Waals surface area contributed by atoms with Crippen LogP contribution in [-0.2, 0) is 4.74 Å². The molecule has 0 saturated carbocycles. The van der Waals surface area contributed by atoms with Crippen LogP contribution < -0.4 is 5.01 Å². The fourth-order valence-corrected chi connectivity index (χ4v) is 5.33. The van der Waals surface area contributed by atoms with Gasteiger partial charge < -0.3 is 9.84 Å². The molecule has 0 aliphatic carbocycles. The van der Waals surface area contributed by atoms with Crippen LogP contribution >= 0.6 is 11.6 Å². The third kappa shape index (κ3) is 5.06. The number of rotatable bonds is 7. The van der Waals surface area contributed by atoms with Crippen LogP contribution in [0.4, 0.5) is 17.1 Å². The maximum atomic E-state index is 12.1. The summed E-state index contributed by atoms with van der Waals surface area (Å²) < 4.78 is 5.60. The van der Waals surface area contributed by atoms with E-state index < -0.39 is 33.6 Å². The molecule has 2 heterocycles. The van der Waals surface area contributed by atoms with Gasteiger partial charge in [0.05, 0.1) is 35.2 Å². The third-order valence-corrected chi connectivity index (χ3v) is 7.14. The van der Waals surface area contributed by atoms with E-state index in [9.17, 15) is 25.3 Å². The van der Waals surface area contributed by atoms with E-state index in [4.69, 9.17) is 16.3 Å². The maximum absolute atomic E-state index is 12.1. The Morgan fingerprint density at radius 3 is 2.26 bits per heavy atom. The first-order valence-electron chi connectivity index (χ1n) is 12.2. The number of morpholine rings is 1. The summed E-state index contributed by atoms with van der Waals surface area (Å²) >= 11 is 6.20. The molecule has 0 radical (unpaired) electrons. The molecule has 2 aliphatic rings. The van der Waals surface area contributed by atoms with Gasteiger partial charge in [0.25, 0.3) is 5.69 Å². The Morgan fingerprint density at radius 1 is 0.947 bits per heavy atom. The predicted octanol–water partition coefficient (Wildman–Crippen LogP) is 4.67. The molecule has 2 saturated heterocycles. The third-order valence-electron chi connectivity index (χ3n) is 6.89. The van der Waals surface area contributed by atoms with Crippen molar-refractivity contribution in [1.82, 2.24) is 9.91 Å². The Bertz CT molecular complexity index is 1310. The number of nitrogens with zero attached hydrogens (tertiary/aromatic N) is 5. The standard InChI is InChI=1S/C26H26ClN5O6/c27-20-8-6-19(7-9-20)26(28-12-14-38-15-13-28)30-23(18-4-2-1-3-5-18)17-25(33)29(30)22-11-10-21(31(34)35)16-24(22)32(36)37/h1-11,16,23,25-26,33H,12-15,17H2. The van der Waals surface area contributed by atoms with Crippen LogP contribution in [0.15, 0.2) is 72.8 Å². The number of ether oxygens (including phenoxy) is 1. The van der Waals surface area contributed by atoms with Crippen LogP contribution in [0.5, 0.6) is 0 Å². The number of halogens is 1. The van der Waals surface area contributed by atoms with Crippen molar-refractivity contribution in [3.05, 3.63) is 109 Å². The summed E-state index contributed by atoms with van der Waals surface area (Å²) in [6.07, 6.45) is -1.32. The minimum Gasteiger partial charge on any atom is -0.379 e. The molecule has 3 unspecified atom stereocenters. The minimum absolute atomic E-state index is 0.0683. The summed E-state index contributed by atoms with van der Waals surface area (Å²) in [4.78, 5) is 24.4. The molecular formula is C26H26ClN5O6. The number of hydrogen-bond donors (Lipinski definition) is 1. The molecule has 12 heteroatoms. The highest BCUT2D eigenvalue weighted by molar-refractivity contribution is 6.30. The number of non-ortho nitro benzene ring substituents is 1. The quantitative estimate of drug-likeness (QED) is 0.336. The lowest BCUT2D eigenvalue weighted by atomic mass is 10.0. The first-order valence-corrected chi connectivity index (χ1v) is 12.5. The van der Waals surface area contributed by atoms with Gasteiger partial charge in [0.2, 0.25) is 0 Å². The molecule has 1 N–H and O–H groups in total. The topological polar surface area (TPSA) is 125 Å². The molecule has 11 nitrogen and oxygen atoms in total. The molecule has 2 fully saturated rings. The molecule has 0 spiro atoms. The van der Waals surface area contributed by atoms with Crippen molar-refractivity contribution in [2.24, 2.45) is 0 Å². The lowest BCUT2D eigenvalue weighted by Gasteiger charge is -2.46. The number of aliphatic hydroxyl groups excluding tert-OH is 1. The predicted molar refractivity (Wildman–Crippen MR) is 140 cm³/mol. The monoisotopic (exact) mass is 539 g/mol. The molecule has 0 bridgehead atoms. The average Bonchev–Trinajstić information content (AvgIpc) is 3.26. The summed E-state index contributed by atoms with van der Waals surface area (Å²) in [5.74, 6) is 0. The van der Waals surface area contributed by atoms with Crippen molar-refractivity contribution in [3.63, 3.8) is 0 Å². The molecule has 5 rings (SSSR count). The van der Waals surface area contributed by atoms with Crippen molar-refractivity contribution in [1.29, 1.82) is 0 Å². The smallest absolute Gasteiger partial charge is 0.300 e. The Balaban J connectivity index is 1.70. The number of hydrazine groups is 1. The van der Waals surface area contributed by atoms with Gasteiger partial charge >= 0.3 is 5.69 Å². The van der Waals surface area contributed by atoms with Crippen LogP contribution in [0, 0.1) is 20.2 Å². The van der Waals surface area contributed by atoms with E-state index in [2.05, 4.69) is 4.90 Å². The van der Waals surface area contributed by atoms with Gasteiger partial charge in [-0.25, -0.2) is 0 Å². The van der Waals surface area contributed by atoms with Gasteiger partial charge in [-0.05, 0) is 29.3 Å². The Morgan fingerprint density at radius 2 is 1.63 bits per heavy atom. The zero-order valence-corrected chi connectivity index (χ0v) is 21.1. The van der Waals surface area contributed by atoms with E-state index in [0.29, 0.717) is 31.3 Å². The van der Waals surface area contributed by atoms with E-state index >= 15 is 0 Å². The molecule has 3 aromatic rings. The highest BCUT2D eigenvalue weighted by Gasteiger charge is 2.47. The molecule has 0 amide bonds. The number of hydrogen-bond acceptors (Lipinski definition) is 9.